The van der Waals surface area contributed by atoms with Crippen LogP contribution in [0.1, 0.15) is 32.6 Å². The molecule has 0 fully saturated rings. The van der Waals surface area contributed by atoms with Crippen molar-refractivity contribution >= 4 is 0 Å². The molecule has 0 aliphatic carbocycles. The van der Waals surface area contributed by atoms with Gasteiger partial charge in [-0.15, -0.1) is 0 Å². The smallest absolute Gasteiger partial charge is 0.131 e. The standard InChI is InChI=1S/C7H20N4/c1-2-3-4-5-6(8)7(9,10)11/h6H,2-5,8-11H2,1H3. The fourth-order valence-corrected chi connectivity index (χ4v) is 0.864. The van der Waals surface area contributed by atoms with E-state index in [-0.39, 0.29) is 6.04 Å². The van der Waals surface area contributed by atoms with Crippen molar-refractivity contribution in [1.29, 1.82) is 0 Å². The summed E-state index contributed by atoms with van der Waals surface area (Å²) >= 11 is 0. The van der Waals surface area contributed by atoms with Gasteiger partial charge in [0.1, 0.15) is 5.79 Å². The van der Waals surface area contributed by atoms with Crippen LogP contribution in [0.2, 0.25) is 0 Å². The highest BCUT2D eigenvalue weighted by atomic mass is 15.2. The molecular weight excluding hydrogens is 140 g/mol. The van der Waals surface area contributed by atoms with E-state index >= 15 is 0 Å². The van der Waals surface area contributed by atoms with Gasteiger partial charge in [0.15, 0.2) is 0 Å². The minimum absolute atomic E-state index is 0.297. The fourth-order valence-electron chi connectivity index (χ4n) is 0.864. The Labute approximate surface area is 68.3 Å². The maximum atomic E-state index is 5.62. The van der Waals surface area contributed by atoms with Crippen LogP contribution in [-0.2, 0) is 0 Å². The van der Waals surface area contributed by atoms with Gasteiger partial charge in [0.05, 0.1) is 0 Å². The van der Waals surface area contributed by atoms with Crippen molar-refractivity contribution < 1.29 is 0 Å². The molecule has 0 amide bonds. The Hall–Kier alpha value is -0.160. The van der Waals surface area contributed by atoms with Crippen LogP contribution in [0.25, 0.3) is 0 Å². The zero-order valence-electron chi connectivity index (χ0n) is 7.22. The molecule has 0 aromatic carbocycles. The zero-order chi connectivity index (χ0) is 8.91. The number of hydrogen-bond donors (Lipinski definition) is 4. The molecule has 1 atom stereocenters. The molecule has 1 unspecified atom stereocenters. The van der Waals surface area contributed by atoms with E-state index in [0.717, 1.165) is 19.3 Å². The van der Waals surface area contributed by atoms with E-state index in [4.69, 9.17) is 22.9 Å². The van der Waals surface area contributed by atoms with Crippen LogP contribution in [0.4, 0.5) is 0 Å². The second-order valence-electron chi connectivity index (χ2n) is 3.10. The van der Waals surface area contributed by atoms with Gasteiger partial charge in [-0.1, -0.05) is 26.2 Å². The minimum atomic E-state index is -1.21. The van der Waals surface area contributed by atoms with Gasteiger partial charge in [-0.25, -0.2) is 0 Å². The van der Waals surface area contributed by atoms with Gasteiger partial charge in [0.2, 0.25) is 0 Å². The fraction of sp³-hybridized carbons (Fsp3) is 1.00. The van der Waals surface area contributed by atoms with Crippen LogP contribution in [0.5, 0.6) is 0 Å². The number of nitrogens with two attached hydrogens (primary N) is 4. The van der Waals surface area contributed by atoms with Crippen LogP contribution in [0, 0.1) is 0 Å². The molecule has 0 rings (SSSR count). The predicted octanol–water partition coefficient (Wildman–Crippen LogP) is -0.576. The normalized spacial score (nSPS) is 15.0. The van der Waals surface area contributed by atoms with Crippen molar-refractivity contribution in [3.63, 3.8) is 0 Å². The molecule has 0 aromatic rings. The van der Waals surface area contributed by atoms with Gasteiger partial charge in [0.25, 0.3) is 0 Å². The Morgan fingerprint density at radius 2 is 1.73 bits per heavy atom. The van der Waals surface area contributed by atoms with Crippen LogP contribution in [-0.4, -0.2) is 11.8 Å². The molecule has 0 aliphatic rings. The highest BCUT2D eigenvalue weighted by Gasteiger charge is 2.21. The summed E-state index contributed by atoms with van der Waals surface area (Å²) in [6, 6.07) is -0.297. The van der Waals surface area contributed by atoms with Crippen LogP contribution in [0.3, 0.4) is 0 Å². The lowest BCUT2D eigenvalue weighted by Crippen LogP contribution is -2.68. The van der Waals surface area contributed by atoms with Gasteiger partial charge in [-0.05, 0) is 6.42 Å². The van der Waals surface area contributed by atoms with Crippen molar-refractivity contribution in [3.05, 3.63) is 0 Å². The highest BCUT2D eigenvalue weighted by Crippen LogP contribution is 2.04. The number of hydrogen-bond acceptors (Lipinski definition) is 4. The Balaban J connectivity index is 3.44. The summed E-state index contributed by atoms with van der Waals surface area (Å²) < 4.78 is 0. The summed E-state index contributed by atoms with van der Waals surface area (Å²) in [5.74, 6) is -1.21. The lowest BCUT2D eigenvalue weighted by molar-refractivity contribution is 0.342. The minimum Gasteiger partial charge on any atom is -0.324 e. The molecule has 0 heterocycles. The second kappa shape index (κ2) is 4.66. The van der Waals surface area contributed by atoms with Gasteiger partial charge < -0.3 is 5.73 Å². The van der Waals surface area contributed by atoms with Gasteiger partial charge in [0, 0.05) is 6.04 Å². The summed E-state index contributed by atoms with van der Waals surface area (Å²) in [5.41, 5.74) is 21.8. The van der Waals surface area contributed by atoms with E-state index in [0.29, 0.717) is 0 Å². The van der Waals surface area contributed by atoms with Crippen molar-refractivity contribution in [1.82, 2.24) is 0 Å². The molecule has 11 heavy (non-hydrogen) atoms. The summed E-state index contributed by atoms with van der Waals surface area (Å²) in [6.07, 6.45) is 4.17. The van der Waals surface area contributed by atoms with Gasteiger partial charge >= 0.3 is 0 Å². The summed E-state index contributed by atoms with van der Waals surface area (Å²) in [7, 11) is 0. The first kappa shape index (κ1) is 10.8. The molecule has 0 radical (unpaired) electrons. The second-order valence-corrected chi connectivity index (χ2v) is 3.10. The highest BCUT2D eigenvalue weighted by molar-refractivity contribution is 4.81. The Bertz CT molecular complexity index is 97.1. The topological polar surface area (TPSA) is 104 Å². The molecule has 8 N–H and O–H groups in total. The average Bonchev–Trinajstić information content (AvgIpc) is 1.86. The average molecular weight is 160 g/mol. The maximum Gasteiger partial charge on any atom is 0.131 e. The molecule has 0 bridgehead atoms. The van der Waals surface area contributed by atoms with E-state index in [1.165, 1.54) is 6.42 Å². The van der Waals surface area contributed by atoms with Gasteiger partial charge in [-0.2, -0.15) is 0 Å². The molecule has 0 aromatic heterocycles. The first-order chi connectivity index (χ1) is 4.98. The Morgan fingerprint density at radius 1 is 1.18 bits per heavy atom. The van der Waals surface area contributed by atoms with Crippen molar-refractivity contribution in [2.45, 2.75) is 44.4 Å². The maximum absolute atomic E-state index is 5.62. The number of rotatable bonds is 5. The summed E-state index contributed by atoms with van der Waals surface area (Å²) in [5, 5.41) is 0. The third-order valence-corrected chi connectivity index (χ3v) is 1.76. The third kappa shape index (κ3) is 5.15. The van der Waals surface area contributed by atoms with Crippen LogP contribution >= 0.6 is 0 Å². The molecule has 0 aliphatic heterocycles. The van der Waals surface area contributed by atoms with E-state index in [1.54, 1.807) is 0 Å². The lowest BCUT2D eigenvalue weighted by atomic mass is 10.0. The quantitative estimate of drug-likeness (QED) is 0.319. The molecular formula is C7H20N4. The Kier molecular flexibility index (Phi) is 4.60. The SMILES string of the molecule is CCCCCC(N)C(N)(N)N. The first-order valence-electron chi connectivity index (χ1n) is 4.10. The zero-order valence-corrected chi connectivity index (χ0v) is 7.22. The summed E-state index contributed by atoms with van der Waals surface area (Å²) in [6.45, 7) is 2.13. The van der Waals surface area contributed by atoms with E-state index in [2.05, 4.69) is 6.92 Å². The molecule has 4 nitrogen and oxygen atoms in total. The van der Waals surface area contributed by atoms with E-state index in [9.17, 15) is 0 Å². The monoisotopic (exact) mass is 160 g/mol. The summed E-state index contributed by atoms with van der Waals surface area (Å²) in [4.78, 5) is 0. The predicted molar refractivity (Wildman–Crippen MR) is 47.4 cm³/mol. The third-order valence-electron chi connectivity index (χ3n) is 1.76. The van der Waals surface area contributed by atoms with Crippen molar-refractivity contribution in [3.8, 4) is 0 Å². The largest absolute Gasteiger partial charge is 0.324 e. The van der Waals surface area contributed by atoms with Crippen molar-refractivity contribution in [2.24, 2.45) is 22.9 Å². The van der Waals surface area contributed by atoms with E-state index < -0.39 is 5.79 Å². The molecule has 0 saturated heterocycles. The Morgan fingerprint density at radius 3 is 2.09 bits per heavy atom. The molecule has 4 heteroatoms. The van der Waals surface area contributed by atoms with E-state index in [1.807, 2.05) is 0 Å². The van der Waals surface area contributed by atoms with Crippen LogP contribution in [0.15, 0.2) is 0 Å². The lowest BCUT2D eigenvalue weighted by Gasteiger charge is -2.26. The van der Waals surface area contributed by atoms with Crippen LogP contribution < -0.4 is 22.9 Å². The van der Waals surface area contributed by atoms with Crippen molar-refractivity contribution in [2.75, 3.05) is 0 Å². The number of unbranched alkanes of at least 4 members (excludes halogenated alkanes) is 2. The van der Waals surface area contributed by atoms with Gasteiger partial charge in [-0.3, -0.25) is 17.2 Å². The molecule has 0 spiro atoms. The molecule has 68 valence electrons. The molecule has 0 saturated carbocycles. The first-order valence-corrected chi connectivity index (χ1v) is 4.10.